The van der Waals surface area contributed by atoms with E-state index in [2.05, 4.69) is 4.74 Å². The highest BCUT2D eigenvalue weighted by Gasteiger charge is 2.36. The molecular formula is C9H10F4O. The maximum Gasteiger partial charge on any atom is 0.163 e. The predicted octanol–water partition coefficient (Wildman–Crippen LogP) is 2.99. The number of alkyl halides is 1. The fourth-order valence-electron chi connectivity index (χ4n) is 1.24. The number of hydrogen-bond donors (Lipinski definition) is 0. The van der Waals surface area contributed by atoms with Gasteiger partial charge in [0.1, 0.15) is 11.7 Å². The molecule has 1 rings (SSSR count). The van der Waals surface area contributed by atoms with Crippen LogP contribution >= 0.6 is 0 Å². The number of methoxy groups -OCH3 is 1. The molecule has 0 spiro atoms. The fourth-order valence-corrected chi connectivity index (χ4v) is 1.24. The Morgan fingerprint density at radius 1 is 1.21 bits per heavy atom. The quantitative estimate of drug-likeness (QED) is 0.636. The van der Waals surface area contributed by atoms with Gasteiger partial charge in [0.15, 0.2) is 12.0 Å². The maximum absolute atomic E-state index is 13.1. The normalized spacial score (nSPS) is 28.7. The molecule has 2 unspecified atom stereocenters. The Morgan fingerprint density at radius 3 is 2.29 bits per heavy atom. The van der Waals surface area contributed by atoms with Crippen LogP contribution in [0.4, 0.5) is 17.6 Å². The first-order chi connectivity index (χ1) is 6.50. The first-order valence-electron chi connectivity index (χ1n) is 4.07. The Kier molecular flexibility index (Phi) is 3.31. The first-order valence-corrected chi connectivity index (χ1v) is 4.07. The van der Waals surface area contributed by atoms with Crippen molar-refractivity contribution in [2.45, 2.75) is 13.1 Å². The van der Waals surface area contributed by atoms with E-state index in [1.807, 2.05) is 0 Å². The maximum atomic E-state index is 13.1. The van der Waals surface area contributed by atoms with Crippen LogP contribution in [0.15, 0.2) is 23.1 Å². The highest BCUT2D eigenvalue weighted by Crippen LogP contribution is 2.38. The van der Waals surface area contributed by atoms with E-state index >= 15 is 0 Å². The zero-order chi connectivity index (χ0) is 10.9. The van der Waals surface area contributed by atoms with Crippen molar-refractivity contribution in [1.29, 1.82) is 0 Å². The van der Waals surface area contributed by atoms with Gasteiger partial charge in [-0.25, -0.2) is 17.6 Å². The minimum Gasteiger partial charge on any atom is -0.380 e. The van der Waals surface area contributed by atoms with Crippen LogP contribution in [-0.2, 0) is 4.74 Å². The third-order valence-corrected chi connectivity index (χ3v) is 2.13. The summed E-state index contributed by atoms with van der Waals surface area (Å²) in [4.78, 5) is 0. The van der Waals surface area contributed by atoms with Crippen molar-refractivity contribution in [2.24, 2.45) is 5.92 Å². The molecule has 80 valence electrons. The van der Waals surface area contributed by atoms with Gasteiger partial charge < -0.3 is 4.74 Å². The molecule has 0 radical (unpaired) electrons. The lowest BCUT2D eigenvalue weighted by Gasteiger charge is -2.21. The topological polar surface area (TPSA) is 9.23 Å². The zero-order valence-electron chi connectivity index (χ0n) is 7.78. The molecule has 1 nitrogen and oxygen atoms in total. The summed E-state index contributed by atoms with van der Waals surface area (Å²) in [5.41, 5.74) is -0.671. The molecule has 0 amide bonds. The van der Waals surface area contributed by atoms with Crippen molar-refractivity contribution in [3.8, 4) is 0 Å². The van der Waals surface area contributed by atoms with E-state index in [1.54, 1.807) is 0 Å². The van der Waals surface area contributed by atoms with E-state index in [-0.39, 0.29) is 0 Å². The van der Waals surface area contributed by atoms with E-state index in [0.29, 0.717) is 0 Å². The average Bonchev–Trinajstić information content (AvgIpc) is 2.19. The molecule has 0 aliphatic heterocycles. The van der Waals surface area contributed by atoms with Crippen molar-refractivity contribution in [1.82, 2.24) is 0 Å². The van der Waals surface area contributed by atoms with Gasteiger partial charge in [0.05, 0.1) is 12.2 Å². The van der Waals surface area contributed by atoms with Crippen LogP contribution in [0.5, 0.6) is 0 Å². The molecule has 0 aromatic heterocycles. The molecule has 0 saturated heterocycles. The minimum atomic E-state index is -2.13. The highest BCUT2D eigenvalue weighted by atomic mass is 19.2. The third-order valence-electron chi connectivity index (χ3n) is 2.13. The lowest BCUT2D eigenvalue weighted by atomic mass is 9.93. The van der Waals surface area contributed by atoms with Crippen LogP contribution < -0.4 is 0 Å². The number of halogens is 4. The van der Waals surface area contributed by atoms with E-state index in [4.69, 9.17) is 0 Å². The molecule has 0 saturated carbocycles. The summed E-state index contributed by atoms with van der Waals surface area (Å²) in [6, 6.07) is 0. The summed E-state index contributed by atoms with van der Waals surface area (Å²) >= 11 is 0. The monoisotopic (exact) mass is 210 g/mol. The van der Waals surface area contributed by atoms with Crippen molar-refractivity contribution in [2.75, 3.05) is 13.7 Å². The molecule has 2 atom stereocenters. The van der Waals surface area contributed by atoms with Crippen molar-refractivity contribution >= 4 is 0 Å². The van der Waals surface area contributed by atoms with Crippen molar-refractivity contribution in [3.63, 3.8) is 0 Å². The molecule has 0 aromatic rings. The molecule has 0 aromatic carbocycles. The van der Waals surface area contributed by atoms with Gasteiger partial charge in [0, 0.05) is 13.0 Å². The standard InChI is InChI=1S/C9H10F4O/c1-4-6(10)8(12)5(3-14-2)9(13)7(4)11/h4,6H,3H2,1-2H3. The Bertz CT molecular complexity index is 295. The summed E-state index contributed by atoms with van der Waals surface area (Å²) in [5, 5.41) is 0. The summed E-state index contributed by atoms with van der Waals surface area (Å²) in [5.74, 6) is -5.29. The van der Waals surface area contributed by atoms with Gasteiger partial charge in [-0.2, -0.15) is 0 Å². The third kappa shape index (κ3) is 1.68. The number of hydrogen-bond acceptors (Lipinski definition) is 1. The Hall–Kier alpha value is -0.840. The zero-order valence-corrected chi connectivity index (χ0v) is 7.78. The molecular weight excluding hydrogens is 200 g/mol. The summed E-state index contributed by atoms with van der Waals surface area (Å²) in [7, 11) is 1.19. The second kappa shape index (κ2) is 4.13. The Morgan fingerprint density at radius 2 is 1.79 bits per heavy atom. The van der Waals surface area contributed by atoms with E-state index < -0.39 is 41.8 Å². The molecule has 0 bridgehead atoms. The van der Waals surface area contributed by atoms with Crippen LogP contribution in [0.3, 0.4) is 0 Å². The van der Waals surface area contributed by atoms with Gasteiger partial charge in [-0.3, -0.25) is 0 Å². The summed E-state index contributed by atoms with van der Waals surface area (Å²) < 4.78 is 56.6. The van der Waals surface area contributed by atoms with E-state index in [9.17, 15) is 17.6 Å². The number of rotatable bonds is 2. The first kappa shape index (κ1) is 11.2. The molecule has 0 N–H and O–H groups in total. The van der Waals surface area contributed by atoms with E-state index in [1.165, 1.54) is 7.11 Å². The van der Waals surface area contributed by atoms with Gasteiger partial charge in [0.25, 0.3) is 0 Å². The Balaban J connectivity index is 3.11. The largest absolute Gasteiger partial charge is 0.380 e. The average molecular weight is 210 g/mol. The van der Waals surface area contributed by atoms with Crippen LogP contribution in [0, 0.1) is 5.92 Å². The van der Waals surface area contributed by atoms with Crippen LogP contribution in [0.2, 0.25) is 0 Å². The lowest BCUT2D eigenvalue weighted by molar-refractivity contribution is 0.193. The highest BCUT2D eigenvalue weighted by molar-refractivity contribution is 5.38. The second-order valence-electron chi connectivity index (χ2n) is 3.11. The predicted molar refractivity (Wildman–Crippen MR) is 43.3 cm³/mol. The van der Waals surface area contributed by atoms with E-state index in [0.717, 1.165) is 6.92 Å². The molecule has 0 fully saturated rings. The van der Waals surface area contributed by atoms with Gasteiger partial charge >= 0.3 is 0 Å². The summed E-state index contributed by atoms with van der Waals surface area (Å²) in [6.07, 6.45) is -2.13. The lowest BCUT2D eigenvalue weighted by Crippen LogP contribution is -2.22. The molecule has 5 heteroatoms. The molecule has 1 aliphatic rings. The van der Waals surface area contributed by atoms with Crippen LogP contribution in [0.25, 0.3) is 0 Å². The Labute approximate surface area is 79.0 Å². The second-order valence-corrected chi connectivity index (χ2v) is 3.11. The minimum absolute atomic E-state index is 0.474. The van der Waals surface area contributed by atoms with Crippen LogP contribution in [0.1, 0.15) is 6.92 Å². The van der Waals surface area contributed by atoms with Crippen molar-refractivity contribution < 1.29 is 22.3 Å². The van der Waals surface area contributed by atoms with Gasteiger partial charge in [0.2, 0.25) is 0 Å². The van der Waals surface area contributed by atoms with Gasteiger partial charge in [-0.1, -0.05) is 6.92 Å². The summed E-state index contributed by atoms with van der Waals surface area (Å²) in [6.45, 7) is 0.612. The molecule has 1 aliphatic carbocycles. The molecule has 14 heavy (non-hydrogen) atoms. The van der Waals surface area contributed by atoms with Crippen molar-refractivity contribution in [3.05, 3.63) is 23.1 Å². The van der Waals surface area contributed by atoms with Crippen LogP contribution in [-0.4, -0.2) is 19.9 Å². The van der Waals surface area contributed by atoms with Gasteiger partial charge in [-0.05, 0) is 0 Å². The number of allylic oxidation sites excluding steroid dienone is 2. The fraction of sp³-hybridized carbons (Fsp3) is 0.556. The molecule has 0 heterocycles. The SMILES string of the molecule is COCC1=C(F)C(F)C(C)C(F)=C1F. The number of ether oxygens (including phenoxy) is 1. The smallest absolute Gasteiger partial charge is 0.163 e. The van der Waals surface area contributed by atoms with Gasteiger partial charge in [-0.15, -0.1) is 0 Å².